The molecule has 4 heteroatoms. The Morgan fingerprint density at radius 1 is 1.45 bits per heavy atom. The molecule has 1 rings (SSSR count). The van der Waals surface area contributed by atoms with Gasteiger partial charge in [0.25, 0.3) is 5.69 Å². The van der Waals surface area contributed by atoms with Crippen molar-refractivity contribution in [2.45, 2.75) is 0 Å². The zero-order valence-electron chi connectivity index (χ0n) is 5.69. The van der Waals surface area contributed by atoms with Crippen LogP contribution in [0.5, 0.6) is 0 Å². The van der Waals surface area contributed by atoms with E-state index in [-0.39, 0.29) is 22.7 Å². The van der Waals surface area contributed by atoms with Crippen molar-refractivity contribution in [3.05, 3.63) is 46.9 Å². The van der Waals surface area contributed by atoms with Gasteiger partial charge in [0.1, 0.15) is 0 Å². The van der Waals surface area contributed by atoms with Crippen molar-refractivity contribution in [1.82, 2.24) is 0 Å². The van der Waals surface area contributed by atoms with Gasteiger partial charge < -0.3 is 0 Å². The third kappa shape index (κ3) is 2.67. The van der Waals surface area contributed by atoms with Crippen LogP contribution in [0.2, 0.25) is 0 Å². The van der Waals surface area contributed by atoms with Crippen molar-refractivity contribution in [1.29, 1.82) is 0 Å². The molecule has 3 nitrogen and oxygen atoms in total. The summed E-state index contributed by atoms with van der Waals surface area (Å²) in [5.74, 6) is 0. The fourth-order valence-electron chi connectivity index (χ4n) is 0.670. The number of non-ortho nitro benzene ring substituents is 1. The summed E-state index contributed by atoms with van der Waals surface area (Å²) in [5, 5.41) is 10.1. The van der Waals surface area contributed by atoms with Crippen molar-refractivity contribution in [3.8, 4) is 0 Å². The molecule has 1 radical (unpaired) electrons. The molecule has 0 heterocycles. The van der Waals surface area contributed by atoms with Crippen molar-refractivity contribution in [2.24, 2.45) is 0 Å². The van der Waals surface area contributed by atoms with E-state index in [9.17, 15) is 10.1 Å². The van der Waals surface area contributed by atoms with Crippen LogP contribution in [0.4, 0.5) is 5.69 Å². The Morgan fingerprint density at radius 3 is 2.45 bits per heavy atom. The summed E-state index contributed by atoms with van der Waals surface area (Å²) in [6.45, 7) is 3.56. The largest absolute Gasteiger partial charge is 0.269 e. The Labute approximate surface area is 75.0 Å². The molecular weight excluding hydrogens is 210 g/mol. The molecule has 0 unspecified atom stereocenters. The Bertz CT molecular complexity index is 262. The lowest BCUT2D eigenvalue weighted by Gasteiger charge is -1.90. The molecular formula is C7H7BrNO2. The van der Waals surface area contributed by atoms with Crippen molar-refractivity contribution in [2.75, 3.05) is 0 Å². The van der Waals surface area contributed by atoms with E-state index in [2.05, 4.69) is 6.92 Å². The van der Waals surface area contributed by atoms with Gasteiger partial charge in [-0.15, -0.1) is 17.0 Å². The Morgan fingerprint density at radius 2 is 2.09 bits per heavy atom. The van der Waals surface area contributed by atoms with Gasteiger partial charge >= 0.3 is 0 Å². The number of hydrogen-bond acceptors (Lipinski definition) is 2. The molecule has 1 aromatic carbocycles. The Kier molecular flexibility index (Phi) is 3.74. The highest BCUT2D eigenvalue weighted by Crippen LogP contribution is 2.11. The van der Waals surface area contributed by atoms with E-state index >= 15 is 0 Å². The quantitative estimate of drug-likeness (QED) is 0.535. The fraction of sp³-hybridized carbons (Fsp3) is 0. The molecule has 1 aromatic rings. The lowest BCUT2D eigenvalue weighted by atomic mass is 10.2. The van der Waals surface area contributed by atoms with E-state index in [0.717, 1.165) is 0 Å². The van der Waals surface area contributed by atoms with Crippen LogP contribution in [-0.2, 0) is 0 Å². The predicted octanol–water partition coefficient (Wildman–Crippen LogP) is 2.35. The molecule has 0 aliphatic rings. The maximum absolute atomic E-state index is 10.1. The first-order valence-electron chi connectivity index (χ1n) is 2.76. The number of benzene rings is 1. The third-order valence-corrected chi connectivity index (χ3v) is 1.12. The minimum Gasteiger partial charge on any atom is -0.258 e. The summed E-state index contributed by atoms with van der Waals surface area (Å²) in [7, 11) is 0. The summed E-state index contributed by atoms with van der Waals surface area (Å²) in [6.07, 6.45) is 0. The summed E-state index contributed by atoms with van der Waals surface area (Å²) in [6, 6.07) is 6.20. The van der Waals surface area contributed by atoms with Gasteiger partial charge in [-0.3, -0.25) is 10.1 Å². The summed E-state index contributed by atoms with van der Waals surface area (Å²) >= 11 is 0. The average molecular weight is 217 g/mol. The van der Waals surface area contributed by atoms with E-state index in [1.807, 2.05) is 0 Å². The number of nitro benzene ring substituents is 1. The first-order valence-corrected chi connectivity index (χ1v) is 2.76. The maximum atomic E-state index is 10.1. The van der Waals surface area contributed by atoms with Crippen LogP contribution in [0, 0.1) is 17.0 Å². The minimum absolute atomic E-state index is 0. The highest BCUT2D eigenvalue weighted by molar-refractivity contribution is 8.93. The lowest BCUT2D eigenvalue weighted by molar-refractivity contribution is -0.384. The molecule has 0 aromatic heterocycles. The SMILES string of the molecule is Br.[CH2]c1cccc([N+](=O)[O-])c1. The molecule has 0 aliphatic heterocycles. The molecule has 59 valence electrons. The number of nitro groups is 1. The summed E-state index contributed by atoms with van der Waals surface area (Å²) in [4.78, 5) is 9.70. The lowest BCUT2D eigenvalue weighted by Crippen LogP contribution is -1.86. The fourth-order valence-corrected chi connectivity index (χ4v) is 0.670. The van der Waals surface area contributed by atoms with Crippen LogP contribution in [0.15, 0.2) is 24.3 Å². The number of rotatable bonds is 1. The van der Waals surface area contributed by atoms with Crippen LogP contribution in [-0.4, -0.2) is 4.92 Å². The van der Waals surface area contributed by atoms with Gasteiger partial charge in [-0.05, 0) is 12.5 Å². The highest BCUT2D eigenvalue weighted by atomic mass is 79.9. The molecule has 0 amide bonds. The summed E-state index contributed by atoms with van der Waals surface area (Å²) in [5.41, 5.74) is 0.752. The van der Waals surface area contributed by atoms with Crippen molar-refractivity contribution < 1.29 is 4.92 Å². The van der Waals surface area contributed by atoms with Gasteiger partial charge in [-0.1, -0.05) is 12.1 Å². The zero-order valence-corrected chi connectivity index (χ0v) is 7.40. The van der Waals surface area contributed by atoms with E-state index in [4.69, 9.17) is 0 Å². The van der Waals surface area contributed by atoms with Gasteiger partial charge in [-0.25, -0.2) is 0 Å². The van der Waals surface area contributed by atoms with Gasteiger partial charge in [0.05, 0.1) is 4.92 Å². The second-order valence-corrected chi connectivity index (χ2v) is 1.93. The smallest absolute Gasteiger partial charge is 0.258 e. The Hall–Kier alpha value is -0.900. The van der Waals surface area contributed by atoms with Crippen LogP contribution >= 0.6 is 17.0 Å². The molecule has 0 aliphatic carbocycles. The van der Waals surface area contributed by atoms with Gasteiger partial charge in [0.15, 0.2) is 0 Å². The first-order chi connectivity index (χ1) is 4.70. The van der Waals surface area contributed by atoms with E-state index in [1.165, 1.54) is 12.1 Å². The van der Waals surface area contributed by atoms with Crippen LogP contribution in [0.25, 0.3) is 0 Å². The monoisotopic (exact) mass is 216 g/mol. The molecule has 0 spiro atoms. The number of hydrogen-bond donors (Lipinski definition) is 0. The van der Waals surface area contributed by atoms with E-state index in [0.29, 0.717) is 5.56 Å². The maximum Gasteiger partial charge on any atom is 0.269 e. The second kappa shape index (κ2) is 4.08. The van der Waals surface area contributed by atoms with Crippen LogP contribution in [0.1, 0.15) is 5.56 Å². The first kappa shape index (κ1) is 10.1. The van der Waals surface area contributed by atoms with Gasteiger partial charge in [0.2, 0.25) is 0 Å². The minimum atomic E-state index is -0.436. The summed E-state index contributed by atoms with van der Waals surface area (Å²) < 4.78 is 0. The zero-order chi connectivity index (χ0) is 7.56. The molecule has 0 atom stereocenters. The van der Waals surface area contributed by atoms with Crippen LogP contribution in [0.3, 0.4) is 0 Å². The molecule has 11 heavy (non-hydrogen) atoms. The normalized spacial score (nSPS) is 8.45. The standard InChI is InChI=1S/C7H6NO2.BrH/c1-6-3-2-4-7(5-6)8(9)10;/h2-5H,1H2;1H. The van der Waals surface area contributed by atoms with Crippen LogP contribution < -0.4 is 0 Å². The molecule has 0 saturated carbocycles. The highest BCUT2D eigenvalue weighted by Gasteiger charge is 2.01. The van der Waals surface area contributed by atoms with Gasteiger partial charge in [0, 0.05) is 12.1 Å². The topological polar surface area (TPSA) is 43.1 Å². The molecule has 0 saturated heterocycles. The number of halogens is 1. The van der Waals surface area contributed by atoms with Gasteiger partial charge in [-0.2, -0.15) is 0 Å². The van der Waals surface area contributed by atoms with Crippen molar-refractivity contribution in [3.63, 3.8) is 0 Å². The Balaban J connectivity index is 0.000001000. The van der Waals surface area contributed by atoms with Crippen molar-refractivity contribution >= 4 is 22.7 Å². The third-order valence-electron chi connectivity index (χ3n) is 1.12. The number of nitrogens with zero attached hydrogens (tertiary/aromatic N) is 1. The van der Waals surface area contributed by atoms with E-state index in [1.54, 1.807) is 12.1 Å². The van der Waals surface area contributed by atoms with E-state index < -0.39 is 4.92 Å². The molecule has 0 N–H and O–H groups in total. The second-order valence-electron chi connectivity index (χ2n) is 1.93. The predicted molar refractivity (Wildman–Crippen MR) is 47.9 cm³/mol. The average Bonchev–Trinajstić information content (AvgIpc) is 1.88. The molecule has 0 fully saturated rings. The molecule has 0 bridgehead atoms.